The molecular formula is C15H22N2O5S2. The van der Waals surface area contributed by atoms with Gasteiger partial charge in [0.1, 0.15) is 0 Å². The maximum atomic E-state index is 12.0. The first-order valence-electron chi connectivity index (χ1n) is 7.61. The molecule has 7 nitrogen and oxygen atoms in total. The van der Waals surface area contributed by atoms with Gasteiger partial charge in [0.2, 0.25) is 15.9 Å². The van der Waals surface area contributed by atoms with Gasteiger partial charge in [0, 0.05) is 19.0 Å². The van der Waals surface area contributed by atoms with Crippen LogP contribution in [-0.2, 0) is 24.7 Å². The van der Waals surface area contributed by atoms with Crippen molar-refractivity contribution in [2.75, 3.05) is 28.6 Å². The van der Waals surface area contributed by atoms with Crippen LogP contribution in [0.5, 0.6) is 0 Å². The molecule has 0 spiro atoms. The number of benzene rings is 1. The maximum Gasteiger partial charge on any atom is 0.232 e. The third-order valence-electron chi connectivity index (χ3n) is 3.92. The molecule has 0 aliphatic carbocycles. The number of anilines is 1. The Morgan fingerprint density at radius 1 is 1.33 bits per heavy atom. The van der Waals surface area contributed by atoms with Crippen LogP contribution in [0.4, 0.5) is 5.69 Å². The number of nitrogens with one attached hydrogen (secondary N) is 1. The quantitative estimate of drug-likeness (QED) is 0.779. The molecule has 0 bridgehead atoms. The van der Waals surface area contributed by atoms with E-state index in [1.165, 1.54) is 4.31 Å². The number of sulfonamides is 1. The number of rotatable bonds is 6. The molecular weight excluding hydrogens is 352 g/mol. The summed E-state index contributed by atoms with van der Waals surface area (Å²) in [6, 6.07) is 6.67. The number of amides is 1. The number of para-hydroxylation sites is 1. The molecule has 1 aliphatic heterocycles. The van der Waals surface area contributed by atoms with E-state index in [4.69, 9.17) is 0 Å². The highest BCUT2D eigenvalue weighted by molar-refractivity contribution is 7.92. The van der Waals surface area contributed by atoms with Crippen molar-refractivity contribution in [1.29, 1.82) is 0 Å². The van der Waals surface area contributed by atoms with Crippen LogP contribution in [0, 0.1) is 6.92 Å². The smallest absolute Gasteiger partial charge is 0.232 e. The van der Waals surface area contributed by atoms with Gasteiger partial charge < -0.3 is 5.32 Å². The molecule has 1 unspecified atom stereocenters. The fourth-order valence-electron chi connectivity index (χ4n) is 2.72. The molecule has 0 radical (unpaired) electrons. The Hall–Kier alpha value is -1.61. The maximum absolute atomic E-state index is 12.0. The number of nitrogens with zero attached hydrogens (tertiary/aromatic N) is 1. The molecule has 0 aromatic heterocycles. The average molecular weight is 374 g/mol. The van der Waals surface area contributed by atoms with Crippen LogP contribution in [0.15, 0.2) is 24.3 Å². The van der Waals surface area contributed by atoms with Crippen LogP contribution in [0.25, 0.3) is 0 Å². The molecule has 2 rings (SSSR count). The molecule has 134 valence electrons. The molecule has 1 fully saturated rings. The minimum absolute atomic E-state index is 0.00892. The van der Waals surface area contributed by atoms with Crippen molar-refractivity contribution in [3.63, 3.8) is 0 Å². The van der Waals surface area contributed by atoms with E-state index >= 15 is 0 Å². The van der Waals surface area contributed by atoms with Crippen molar-refractivity contribution in [3.05, 3.63) is 29.8 Å². The third-order valence-corrected chi connectivity index (χ3v) is 6.87. The predicted molar refractivity (Wildman–Crippen MR) is 93.2 cm³/mol. The van der Waals surface area contributed by atoms with Crippen LogP contribution in [0.2, 0.25) is 0 Å². The number of carbonyl (C=O) groups is 1. The zero-order valence-corrected chi connectivity index (χ0v) is 15.4. The zero-order valence-electron chi connectivity index (χ0n) is 13.7. The summed E-state index contributed by atoms with van der Waals surface area (Å²) in [5.41, 5.74) is 1.33. The van der Waals surface area contributed by atoms with Crippen molar-refractivity contribution < 1.29 is 21.6 Å². The van der Waals surface area contributed by atoms with Gasteiger partial charge in [-0.1, -0.05) is 18.2 Å². The summed E-state index contributed by atoms with van der Waals surface area (Å²) in [6.07, 6.45) is 1.47. The van der Waals surface area contributed by atoms with E-state index in [9.17, 15) is 21.6 Å². The molecule has 1 aliphatic rings. The van der Waals surface area contributed by atoms with Crippen molar-refractivity contribution in [2.45, 2.75) is 25.8 Å². The summed E-state index contributed by atoms with van der Waals surface area (Å²) in [7, 11) is -6.59. The Morgan fingerprint density at radius 2 is 2.00 bits per heavy atom. The van der Waals surface area contributed by atoms with Gasteiger partial charge in [-0.2, -0.15) is 0 Å². The highest BCUT2D eigenvalue weighted by Gasteiger charge is 2.29. The molecule has 24 heavy (non-hydrogen) atoms. The molecule has 1 aromatic carbocycles. The molecule has 9 heteroatoms. The van der Waals surface area contributed by atoms with E-state index in [2.05, 4.69) is 5.32 Å². The van der Waals surface area contributed by atoms with Gasteiger partial charge in [0.25, 0.3) is 0 Å². The second-order valence-electron chi connectivity index (χ2n) is 6.04. The van der Waals surface area contributed by atoms with Gasteiger partial charge >= 0.3 is 0 Å². The molecule has 1 heterocycles. The number of aryl methyl sites for hydroxylation is 1. The summed E-state index contributed by atoms with van der Waals surface area (Å²) >= 11 is 0. The monoisotopic (exact) mass is 374 g/mol. The lowest BCUT2D eigenvalue weighted by Crippen LogP contribution is -2.39. The van der Waals surface area contributed by atoms with Crippen LogP contribution in [0.3, 0.4) is 0 Å². The Kier molecular flexibility index (Phi) is 5.54. The minimum Gasteiger partial charge on any atom is -0.352 e. The lowest BCUT2D eigenvalue weighted by molar-refractivity contribution is -0.121. The summed E-state index contributed by atoms with van der Waals surface area (Å²) in [4.78, 5) is 12.0. The largest absolute Gasteiger partial charge is 0.352 e. The van der Waals surface area contributed by atoms with E-state index in [0.717, 1.165) is 11.8 Å². The molecule has 1 amide bonds. The summed E-state index contributed by atoms with van der Waals surface area (Å²) < 4.78 is 48.1. The van der Waals surface area contributed by atoms with E-state index < -0.39 is 19.9 Å². The van der Waals surface area contributed by atoms with E-state index in [1.807, 2.05) is 6.07 Å². The predicted octanol–water partition coefficient (Wildman–Crippen LogP) is 0.454. The van der Waals surface area contributed by atoms with E-state index in [0.29, 0.717) is 12.1 Å². The first-order chi connectivity index (χ1) is 11.1. The van der Waals surface area contributed by atoms with Crippen molar-refractivity contribution in [2.24, 2.45) is 0 Å². The van der Waals surface area contributed by atoms with Gasteiger partial charge in [0.15, 0.2) is 9.84 Å². The second-order valence-corrected chi connectivity index (χ2v) is 10.2. The van der Waals surface area contributed by atoms with Crippen LogP contribution >= 0.6 is 0 Å². The second kappa shape index (κ2) is 7.10. The van der Waals surface area contributed by atoms with Gasteiger partial charge in [-0.25, -0.2) is 16.8 Å². The molecule has 0 saturated carbocycles. The van der Waals surface area contributed by atoms with Crippen molar-refractivity contribution in [1.82, 2.24) is 5.32 Å². The summed E-state index contributed by atoms with van der Waals surface area (Å²) in [5, 5.41) is 2.67. The standard InChI is InChI=1S/C15H22N2O5S2/c1-12-5-3-4-6-14(12)17(23(2,19)20)9-7-15(18)16-13-8-10-24(21,22)11-13/h3-6,13H,7-11H2,1-2H3,(H,16,18). The number of hydrogen-bond acceptors (Lipinski definition) is 5. The normalized spacial score (nSPS) is 19.8. The lowest BCUT2D eigenvalue weighted by atomic mass is 10.2. The molecule has 1 aromatic rings. The topological polar surface area (TPSA) is 101 Å². The van der Waals surface area contributed by atoms with Gasteiger partial charge in [-0.15, -0.1) is 0 Å². The fraction of sp³-hybridized carbons (Fsp3) is 0.533. The molecule has 1 saturated heterocycles. The summed E-state index contributed by atoms with van der Waals surface area (Å²) in [6.45, 7) is 1.81. The first kappa shape index (κ1) is 18.7. The van der Waals surface area contributed by atoms with Gasteiger partial charge in [-0.3, -0.25) is 9.10 Å². The number of hydrogen-bond donors (Lipinski definition) is 1. The Labute approximate surface area is 143 Å². The Balaban J connectivity index is 2.01. The van der Waals surface area contributed by atoms with E-state index in [1.54, 1.807) is 25.1 Å². The Bertz CT molecular complexity index is 818. The highest BCUT2D eigenvalue weighted by Crippen LogP contribution is 2.22. The minimum atomic E-state index is -3.52. The van der Waals surface area contributed by atoms with E-state index in [-0.39, 0.29) is 36.4 Å². The third kappa shape index (κ3) is 4.94. The first-order valence-corrected chi connectivity index (χ1v) is 11.3. The number of sulfone groups is 1. The summed E-state index contributed by atoms with van der Waals surface area (Å²) in [5.74, 6) is -0.317. The Morgan fingerprint density at radius 3 is 2.54 bits per heavy atom. The SMILES string of the molecule is Cc1ccccc1N(CCC(=O)NC1CCS(=O)(=O)C1)S(C)(=O)=O. The van der Waals surface area contributed by atoms with Gasteiger partial charge in [-0.05, 0) is 25.0 Å². The van der Waals surface area contributed by atoms with Crippen LogP contribution < -0.4 is 9.62 Å². The van der Waals surface area contributed by atoms with Gasteiger partial charge in [0.05, 0.1) is 23.4 Å². The average Bonchev–Trinajstić information content (AvgIpc) is 2.78. The van der Waals surface area contributed by atoms with Crippen LogP contribution in [0.1, 0.15) is 18.4 Å². The van der Waals surface area contributed by atoms with Crippen molar-refractivity contribution >= 4 is 31.5 Å². The highest BCUT2D eigenvalue weighted by atomic mass is 32.2. The lowest BCUT2D eigenvalue weighted by Gasteiger charge is -2.24. The van der Waals surface area contributed by atoms with Crippen LogP contribution in [-0.4, -0.2) is 53.1 Å². The number of carbonyl (C=O) groups excluding carboxylic acids is 1. The molecule has 1 atom stereocenters. The van der Waals surface area contributed by atoms with Crippen molar-refractivity contribution in [3.8, 4) is 0 Å². The molecule has 1 N–H and O–H groups in total. The fourth-order valence-corrected chi connectivity index (χ4v) is 5.38. The zero-order chi connectivity index (χ0) is 18.0.